The van der Waals surface area contributed by atoms with Crippen LogP contribution < -0.4 is 0 Å². The van der Waals surface area contributed by atoms with Crippen LogP contribution in [0.15, 0.2) is 55.5 Å². The Bertz CT molecular complexity index is 865. The first-order valence-electron chi connectivity index (χ1n) is 6.59. The van der Waals surface area contributed by atoms with E-state index in [1.54, 1.807) is 6.07 Å². The van der Waals surface area contributed by atoms with Crippen LogP contribution in [0.1, 0.15) is 16.2 Å². The zero-order valence-electron chi connectivity index (χ0n) is 11.9. The Balaban J connectivity index is 1.95. The van der Waals surface area contributed by atoms with Crippen molar-refractivity contribution in [3.05, 3.63) is 57.3 Å². The Morgan fingerprint density at radius 1 is 1.22 bits per heavy atom. The highest BCUT2D eigenvalue weighted by Gasteiger charge is 2.13. The van der Waals surface area contributed by atoms with Crippen molar-refractivity contribution in [3.8, 4) is 11.3 Å². The largest absolute Gasteiger partial charge is 0.445 e. The van der Waals surface area contributed by atoms with E-state index in [0.717, 1.165) is 17.0 Å². The minimum absolute atomic E-state index is 0.255. The van der Waals surface area contributed by atoms with Gasteiger partial charge in [-0.25, -0.2) is 9.97 Å². The van der Waals surface area contributed by atoms with Crippen molar-refractivity contribution < 1.29 is 9.21 Å². The summed E-state index contributed by atoms with van der Waals surface area (Å²) in [5, 5.41) is 1.76. The Kier molecular flexibility index (Phi) is 4.84. The predicted molar refractivity (Wildman–Crippen MR) is 93.1 cm³/mol. The molecule has 23 heavy (non-hydrogen) atoms. The minimum atomic E-state index is 0.255. The molecule has 0 aliphatic rings. The van der Waals surface area contributed by atoms with Gasteiger partial charge in [0.05, 0.1) is 10.2 Å². The number of aldehydes is 1. The molecule has 0 N–H and O–H groups in total. The lowest BCUT2D eigenvalue weighted by Crippen LogP contribution is -1.93. The van der Waals surface area contributed by atoms with Gasteiger partial charge in [-0.05, 0) is 52.8 Å². The van der Waals surface area contributed by atoms with Gasteiger partial charge in [-0.1, -0.05) is 23.7 Å². The molecule has 0 aliphatic heterocycles. The number of rotatable bonds is 4. The zero-order chi connectivity index (χ0) is 16.4. The quantitative estimate of drug-likeness (QED) is 0.425. The third-order valence-electron chi connectivity index (χ3n) is 2.95. The van der Waals surface area contributed by atoms with Crippen LogP contribution in [0.4, 0.5) is 0 Å². The summed E-state index contributed by atoms with van der Waals surface area (Å²) in [6.45, 7) is 1.90. The molecule has 0 bridgehead atoms. The molecule has 7 heteroatoms. The van der Waals surface area contributed by atoms with Gasteiger partial charge in [-0.2, -0.15) is 0 Å². The molecule has 3 rings (SSSR count). The maximum absolute atomic E-state index is 10.8. The van der Waals surface area contributed by atoms with Gasteiger partial charge in [0.1, 0.15) is 0 Å². The van der Waals surface area contributed by atoms with Crippen LogP contribution in [0.25, 0.3) is 11.3 Å². The topological polar surface area (TPSA) is 56.0 Å². The summed E-state index contributed by atoms with van der Waals surface area (Å²) in [7, 11) is 0. The molecule has 0 atom stereocenters. The maximum atomic E-state index is 10.8. The third-order valence-corrected chi connectivity index (χ3v) is 4.91. The fourth-order valence-electron chi connectivity index (χ4n) is 1.94. The molecule has 116 valence electrons. The average Bonchev–Trinajstić information content (AvgIpc) is 2.87. The lowest BCUT2D eigenvalue weighted by molar-refractivity contribution is 0.109. The molecule has 2 aromatic heterocycles. The number of aryl methyl sites for hydroxylation is 1. The molecule has 3 aromatic rings. The van der Waals surface area contributed by atoms with Crippen LogP contribution in [0.5, 0.6) is 0 Å². The number of carbonyl (C=O) groups excluding carboxylic acids is 1. The average molecular weight is 410 g/mol. The lowest BCUT2D eigenvalue weighted by atomic mass is 10.1. The molecule has 0 unspecified atom stereocenters. The molecule has 0 aliphatic carbocycles. The second-order valence-electron chi connectivity index (χ2n) is 4.69. The number of nitrogens with zero attached hydrogens (tertiary/aromatic N) is 2. The van der Waals surface area contributed by atoms with Gasteiger partial charge in [0.15, 0.2) is 22.3 Å². The summed E-state index contributed by atoms with van der Waals surface area (Å²) in [5.41, 5.74) is 2.59. The first-order valence-corrected chi connectivity index (χ1v) is 8.58. The third kappa shape index (κ3) is 3.83. The van der Waals surface area contributed by atoms with Gasteiger partial charge in [-0.15, -0.1) is 0 Å². The number of halogens is 2. The SMILES string of the molecule is Cc1cc(-c2ccc(Cl)cc2)nc(Sc2oc(C=O)cc2Br)n1. The van der Waals surface area contributed by atoms with Gasteiger partial charge in [0.25, 0.3) is 0 Å². The van der Waals surface area contributed by atoms with E-state index in [2.05, 4.69) is 25.9 Å². The van der Waals surface area contributed by atoms with Gasteiger partial charge in [0.2, 0.25) is 0 Å². The molecule has 0 saturated heterocycles. The Morgan fingerprint density at radius 3 is 2.61 bits per heavy atom. The van der Waals surface area contributed by atoms with Crippen molar-refractivity contribution >= 4 is 45.6 Å². The molecule has 0 amide bonds. The standard InChI is InChI=1S/C16H10BrClN2O2S/c1-9-6-14(10-2-4-11(18)5-3-10)20-16(19-9)23-15-13(17)7-12(8-21)22-15/h2-8H,1H3. The van der Waals surface area contributed by atoms with E-state index in [4.69, 9.17) is 16.0 Å². The Hall–Kier alpha value is -1.63. The van der Waals surface area contributed by atoms with Gasteiger partial charge >= 0.3 is 0 Å². The summed E-state index contributed by atoms with van der Waals surface area (Å²) in [4.78, 5) is 19.7. The van der Waals surface area contributed by atoms with Crippen molar-refractivity contribution in [2.75, 3.05) is 0 Å². The summed E-state index contributed by atoms with van der Waals surface area (Å²) in [6, 6.07) is 11.0. The second-order valence-corrected chi connectivity index (χ2v) is 6.92. The fourth-order valence-corrected chi connectivity index (χ4v) is 3.40. The molecular formula is C16H10BrClN2O2S. The number of benzene rings is 1. The Morgan fingerprint density at radius 2 is 1.96 bits per heavy atom. The molecule has 1 aromatic carbocycles. The molecule has 0 saturated carbocycles. The zero-order valence-corrected chi connectivity index (χ0v) is 15.1. The molecule has 0 fully saturated rings. The minimum Gasteiger partial charge on any atom is -0.445 e. The summed E-state index contributed by atoms with van der Waals surface area (Å²) in [6.07, 6.45) is 0.658. The Labute approximate surface area is 150 Å². The van der Waals surface area contributed by atoms with Gasteiger partial charge in [0, 0.05) is 22.3 Å². The van der Waals surface area contributed by atoms with Crippen molar-refractivity contribution in [3.63, 3.8) is 0 Å². The predicted octanol–water partition coefficient (Wildman–Crippen LogP) is 5.42. The summed E-state index contributed by atoms with van der Waals surface area (Å²) in [5.74, 6) is 0.255. The summed E-state index contributed by atoms with van der Waals surface area (Å²) >= 11 is 10.5. The van der Waals surface area contributed by atoms with E-state index < -0.39 is 0 Å². The number of furan rings is 1. The van der Waals surface area contributed by atoms with Crippen molar-refractivity contribution in [2.45, 2.75) is 17.2 Å². The second kappa shape index (κ2) is 6.86. The molecule has 2 heterocycles. The monoisotopic (exact) mass is 408 g/mol. The molecular weight excluding hydrogens is 400 g/mol. The highest BCUT2D eigenvalue weighted by Crippen LogP contribution is 2.35. The van der Waals surface area contributed by atoms with Crippen LogP contribution in [-0.4, -0.2) is 16.3 Å². The van der Waals surface area contributed by atoms with E-state index in [9.17, 15) is 4.79 Å². The molecule has 4 nitrogen and oxygen atoms in total. The van der Waals surface area contributed by atoms with E-state index >= 15 is 0 Å². The molecule has 0 radical (unpaired) electrons. The number of carbonyl (C=O) groups is 1. The first kappa shape index (κ1) is 16.2. The van der Waals surface area contributed by atoms with E-state index in [0.29, 0.717) is 26.0 Å². The van der Waals surface area contributed by atoms with Crippen molar-refractivity contribution in [1.29, 1.82) is 0 Å². The van der Waals surface area contributed by atoms with Crippen LogP contribution in [0.2, 0.25) is 5.02 Å². The van der Waals surface area contributed by atoms with Crippen LogP contribution in [0.3, 0.4) is 0 Å². The number of hydrogen-bond donors (Lipinski definition) is 0. The van der Waals surface area contributed by atoms with Crippen LogP contribution in [0, 0.1) is 6.92 Å². The fraction of sp³-hybridized carbons (Fsp3) is 0.0625. The van der Waals surface area contributed by atoms with Crippen molar-refractivity contribution in [2.24, 2.45) is 0 Å². The highest BCUT2D eigenvalue weighted by molar-refractivity contribution is 9.10. The molecule has 0 spiro atoms. The maximum Gasteiger partial charge on any atom is 0.196 e. The smallest absolute Gasteiger partial charge is 0.196 e. The van der Waals surface area contributed by atoms with E-state index in [-0.39, 0.29) is 5.76 Å². The highest BCUT2D eigenvalue weighted by atomic mass is 79.9. The number of aromatic nitrogens is 2. The van der Waals surface area contributed by atoms with E-state index in [1.807, 2.05) is 37.3 Å². The van der Waals surface area contributed by atoms with Crippen molar-refractivity contribution in [1.82, 2.24) is 9.97 Å². The first-order chi connectivity index (χ1) is 11.0. The normalized spacial score (nSPS) is 10.7. The van der Waals surface area contributed by atoms with Gasteiger partial charge < -0.3 is 4.42 Å². The lowest BCUT2D eigenvalue weighted by Gasteiger charge is -2.05. The van der Waals surface area contributed by atoms with Crippen LogP contribution in [-0.2, 0) is 0 Å². The summed E-state index contributed by atoms with van der Waals surface area (Å²) < 4.78 is 6.12. The van der Waals surface area contributed by atoms with Crippen LogP contribution >= 0.6 is 39.3 Å². The number of hydrogen-bond acceptors (Lipinski definition) is 5. The van der Waals surface area contributed by atoms with Gasteiger partial charge in [-0.3, -0.25) is 4.79 Å². The van der Waals surface area contributed by atoms with E-state index in [1.165, 1.54) is 11.8 Å².